The van der Waals surface area contributed by atoms with Crippen LogP contribution in [-0.4, -0.2) is 68.4 Å². The van der Waals surface area contributed by atoms with Crippen molar-refractivity contribution in [3.8, 4) is 0 Å². The summed E-state index contributed by atoms with van der Waals surface area (Å²) < 4.78 is 17.4. The lowest BCUT2D eigenvalue weighted by atomic mass is 10.1. The highest BCUT2D eigenvalue weighted by atomic mass is 32.1. The molecule has 2 aliphatic heterocycles. The van der Waals surface area contributed by atoms with Gasteiger partial charge in [-0.15, -0.1) is 0 Å². The number of thiazole rings is 1. The minimum absolute atomic E-state index is 0.206. The molecular weight excluding hydrogens is 378 g/mol. The average Bonchev–Trinajstić information content (AvgIpc) is 3.19. The van der Waals surface area contributed by atoms with E-state index in [9.17, 15) is 4.79 Å². The molecule has 4 rings (SSSR count). The molecule has 2 aliphatic rings. The normalized spacial score (nSPS) is 17.7. The van der Waals surface area contributed by atoms with Crippen LogP contribution in [0.5, 0.6) is 0 Å². The van der Waals surface area contributed by atoms with Crippen molar-refractivity contribution in [1.29, 1.82) is 0 Å². The summed E-state index contributed by atoms with van der Waals surface area (Å²) in [7, 11) is 0. The summed E-state index contributed by atoms with van der Waals surface area (Å²) in [6.07, 6.45) is 1.41. The Morgan fingerprint density at radius 3 is 2.68 bits per heavy atom. The van der Waals surface area contributed by atoms with Gasteiger partial charge in [-0.25, -0.2) is 4.98 Å². The van der Waals surface area contributed by atoms with E-state index in [0.29, 0.717) is 24.9 Å². The van der Waals surface area contributed by atoms with Crippen molar-refractivity contribution in [1.82, 2.24) is 9.88 Å². The zero-order valence-corrected chi connectivity index (χ0v) is 17.1. The van der Waals surface area contributed by atoms with Gasteiger partial charge in [0.05, 0.1) is 23.4 Å². The molecule has 1 aromatic heterocycles. The summed E-state index contributed by atoms with van der Waals surface area (Å²) >= 11 is 1.55. The standard InChI is InChI=1S/C20H25N3O4S/c1-14-3-4-15(2)18-17(14)21-20(28-18)23(6-5-22-7-9-25-10-8-22)19(24)16-13-26-11-12-27-16/h3-4,13H,5-12H2,1-2H3. The van der Waals surface area contributed by atoms with Gasteiger partial charge in [-0.2, -0.15) is 0 Å². The SMILES string of the molecule is Cc1ccc(C)c2sc(N(CCN3CCOCC3)C(=O)C3=COCCO3)nc12. The number of anilines is 1. The number of carbonyl (C=O) groups excluding carboxylic acids is 1. The highest BCUT2D eigenvalue weighted by molar-refractivity contribution is 7.22. The van der Waals surface area contributed by atoms with E-state index in [-0.39, 0.29) is 11.7 Å². The largest absolute Gasteiger partial charge is 0.494 e. The molecule has 0 atom stereocenters. The number of morpholine rings is 1. The van der Waals surface area contributed by atoms with Crippen molar-refractivity contribution < 1.29 is 19.0 Å². The first-order chi connectivity index (χ1) is 13.6. The third-order valence-electron chi connectivity index (χ3n) is 5.01. The van der Waals surface area contributed by atoms with Crippen molar-refractivity contribution in [3.63, 3.8) is 0 Å². The van der Waals surface area contributed by atoms with Gasteiger partial charge < -0.3 is 14.2 Å². The van der Waals surface area contributed by atoms with Gasteiger partial charge in [0.25, 0.3) is 5.91 Å². The van der Waals surface area contributed by atoms with Gasteiger partial charge >= 0.3 is 0 Å². The predicted molar refractivity (Wildman–Crippen MR) is 109 cm³/mol. The van der Waals surface area contributed by atoms with E-state index >= 15 is 0 Å². The molecule has 1 aromatic carbocycles. The van der Waals surface area contributed by atoms with Crippen LogP contribution in [0, 0.1) is 13.8 Å². The van der Waals surface area contributed by atoms with Gasteiger partial charge in [0, 0.05) is 26.2 Å². The molecule has 8 heteroatoms. The molecule has 28 heavy (non-hydrogen) atoms. The Labute approximate surface area is 168 Å². The molecule has 1 fully saturated rings. The minimum Gasteiger partial charge on any atom is -0.494 e. The van der Waals surface area contributed by atoms with Crippen molar-refractivity contribution in [3.05, 3.63) is 35.3 Å². The van der Waals surface area contributed by atoms with Gasteiger partial charge in [-0.05, 0) is 25.0 Å². The molecule has 3 heterocycles. The molecule has 0 N–H and O–H groups in total. The smallest absolute Gasteiger partial charge is 0.298 e. The van der Waals surface area contributed by atoms with E-state index in [0.717, 1.165) is 48.6 Å². The van der Waals surface area contributed by atoms with Crippen LogP contribution >= 0.6 is 11.3 Å². The lowest BCUT2D eigenvalue weighted by Gasteiger charge is -2.29. The number of amides is 1. The van der Waals surface area contributed by atoms with Gasteiger partial charge in [0.2, 0.25) is 5.76 Å². The number of carbonyl (C=O) groups is 1. The molecule has 7 nitrogen and oxygen atoms in total. The Balaban J connectivity index is 1.63. The number of fused-ring (bicyclic) bond motifs is 1. The van der Waals surface area contributed by atoms with Crippen LogP contribution in [0.25, 0.3) is 10.2 Å². The van der Waals surface area contributed by atoms with Crippen LogP contribution in [-0.2, 0) is 19.0 Å². The number of hydrogen-bond acceptors (Lipinski definition) is 7. The Bertz CT molecular complexity index is 850. The summed E-state index contributed by atoms with van der Waals surface area (Å²) in [5.41, 5.74) is 3.24. The fourth-order valence-corrected chi connectivity index (χ4v) is 4.46. The summed E-state index contributed by atoms with van der Waals surface area (Å²) in [6, 6.07) is 4.17. The van der Waals surface area contributed by atoms with Crippen LogP contribution in [0.4, 0.5) is 5.13 Å². The van der Waals surface area contributed by atoms with E-state index in [2.05, 4.69) is 24.0 Å². The maximum atomic E-state index is 13.2. The minimum atomic E-state index is -0.206. The topological polar surface area (TPSA) is 64.1 Å². The number of nitrogens with zero attached hydrogens (tertiary/aromatic N) is 3. The van der Waals surface area contributed by atoms with Gasteiger partial charge in [-0.1, -0.05) is 23.5 Å². The van der Waals surface area contributed by atoms with E-state index in [4.69, 9.17) is 19.2 Å². The predicted octanol–water partition coefficient (Wildman–Crippen LogP) is 2.47. The van der Waals surface area contributed by atoms with Gasteiger partial charge in [-0.3, -0.25) is 14.6 Å². The van der Waals surface area contributed by atoms with Gasteiger partial charge in [0.1, 0.15) is 19.5 Å². The van der Waals surface area contributed by atoms with Crippen LogP contribution in [0.1, 0.15) is 11.1 Å². The zero-order valence-electron chi connectivity index (χ0n) is 16.3. The van der Waals surface area contributed by atoms with Gasteiger partial charge in [0.15, 0.2) is 5.13 Å². The molecule has 1 saturated heterocycles. The average molecular weight is 404 g/mol. The molecule has 2 aromatic rings. The van der Waals surface area contributed by atoms with E-state index in [1.807, 2.05) is 6.92 Å². The molecule has 0 unspecified atom stereocenters. The second kappa shape index (κ2) is 8.46. The van der Waals surface area contributed by atoms with E-state index in [1.165, 1.54) is 11.8 Å². The van der Waals surface area contributed by atoms with E-state index in [1.54, 1.807) is 16.2 Å². The lowest BCUT2D eigenvalue weighted by Crippen LogP contribution is -2.44. The molecule has 0 radical (unpaired) electrons. The second-order valence-electron chi connectivity index (χ2n) is 6.99. The Kier molecular flexibility index (Phi) is 5.79. The molecule has 0 aliphatic carbocycles. The first kappa shape index (κ1) is 19.2. The zero-order chi connectivity index (χ0) is 19.5. The summed E-state index contributed by atoms with van der Waals surface area (Å²) in [5.74, 6) is 0.0308. The third-order valence-corrected chi connectivity index (χ3v) is 6.22. The monoisotopic (exact) mass is 403 g/mol. The number of aryl methyl sites for hydroxylation is 2. The number of aromatic nitrogens is 1. The first-order valence-electron chi connectivity index (χ1n) is 9.57. The number of ether oxygens (including phenoxy) is 3. The molecular formula is C20H25N3O4S. The third kappa shape index (κ3) is 3.99. The maximum absolute atomic E-state index is 13.2. The highest BCUT2D eigenvalue weighted by Crippen LogP contribution is 2.33. The van der Waals surface area contributed by atoms with Crippen LogP contribution in [0.3, 0.4) is 0 Å². The first-order valence-corrected chi connectivity index (χ1v) is 10.4. The van der Waals surface area contributed by atoms with Crippen LogP contribution in [0.15, 0.2) is 24.2 Å². The molecule has 150 valence electrons. The Hall–Kier alpha value is -2.16. The molecule has 0 saturated carbocycles. The maximum Gasteiger partial charge on any atom is 0.298 e. The quantitative estimate of drug-likeness (QED) is 0.764. The number of hydrogen-bond donors (Lipinski definition) is 0. The summed E-state index contributed by atoms with van der Waals surface area (Å²) in [6.45, 7) is 9.48. The number of rotatable bonds is 5. The fraction of sp³-hybridized carbons (Fsp3) is 0.500. The Morgan fingerprint density at radius 1 is 1.18 bits per heavy atom. The lowest BCUT2D eigenvalue weighted by molar-refractivity contribution is -0.119. The van der Waals surface area contributed by atoms with Crippen molar-refractivity contribution in [2.45, 2.75) is 13.8 Å². The number of benzene rings is 1. The molecule has 1 amide bonds. The summed E-state index contributed by atoms with van der Waals surface area (Å²) in [4.78, 5) is 22.0. The fourth-order valence-electron chi connectivity index (χ4n) is 3.33. The molecule has 0 bridgehead atoms. The Morgan fingerprint density at radius 2 is 1.96 bits per heavy atom. The summed E-state index contributed by atoms with van der Waals surface area (Å²) in [5, 5.41) is 0.695. The van der Waals surface area contributed by atoms with Crippen molar-refractivity contribution in [2.75, 3.05) is 57.5 Å². The van der Waals surface area contributed by atoms with Crippen LogP contribution < -0.4 is 4.90 Å². The highest BCUT2D eigenvalue weighted by Gasteiger charge is 2.27. The van der Waals surface area contributed by atoms with Crippen molar-refractivity contribution >= 4 is 32.6 Å². The van der Waals surface area contributed by atoms with Crippen LogP contribution in [0.2, 0.25) is 0 Å². The molecule has 0 spiro atoms. The second-order valence-corrected chi connectivity index (χ2v) is 7.96. The van der Waals surface area contributed by atoms with Crippen molar-refractivity contribution in [2.24, 2.45) is 0 Å². The van der Waals surface area contributed by atoms with E-state index < -0.39 is 0 Å².